The summed E-state index contributed by atoms with van der Waals surface area (Å²) in [5.74, 6) is -1.16. The highest BCUT2D eigenvalue weighted by Crippen LogP contribution is 2.49. The molecule has 1 amide bonds. The van der Waals surface area contributed by atoms with Crippen molar-refractivity contribution in [3.63, 3.8) is 0 Å². The number of piperazine rings is 1. The Morgan fingerprint density at radius 3 is 2.71 bits per heavy atom. The first kappa shape index (κ1) is 26.6. The van der Waals surface area contributed by atoms with Gasteiger partial charge >= 0.3 is 5.69 Å². The van der Waals surface area contributed by atoms with Crippen molar-refractivity contribution in [1.29, 1.82) is 0 Å². The van der Waals surface area contributed by atoms with Crippen LogP contribution in [0.4, 0.5) is 14.6 Å². The van der Waals surface area contributed by atoms with E-state index < -0.39 is 17.3 Å². The van der Waals surface area contributed by atoms with E-state index in [1.807, 2.05) is 16.5 Å². The molecule has 2 fully saturated rings. The normalized spacial score (nSPS) is 18.3. The summed E-state index contributed by atoms with van der Waals surface area (Å²) >= 11 is 6.85. The Morgan fingerprint density at radius 2 is 2.00 bits per heavy atom. The number of anilines is 1. The number of hydrogen-bond donors (Lipinski definition) is 0. The van der Waals surface area contributed by atoms with Crippen molar-refractivity contribution >= 4 is 34.2 Å². The van der Waals surface area contributed by atoms with Crippen molar-refractivity contribution in [3.8, 4) is 22.7 Å². The molecule has 0 bridgehead atoms. The Kier molecular flexibility index (Phi) is 6.30. The number of hydrogen-bond acceptors (Lipinski definition) is 6. The summed E-state index contributed by atoms with van der Waals surface area (Å²) in [6.07, 6.45) is 5.83. The minimum atomic E-state index is -1.03. The molecule has 0 spiro atoms. The molecule has 42 heavy (non-hydrogen) atoms. The monoisotopic (exact) mass is 592 g/mol. The van der Waals surface area contributed by atoms with Crippen molar-refractivity contribution in [2.45, 2.75) is 44.9 Å². The second-order valence-corrected chi connectivity index (χ2v) is 11.4. The molecule has 1 aliphatic carbocycles. The van der Waals surface area contributed by atoms with Gasteiger partial charge in [-0.3, -0.25) is 4.79 Å². The van der Waals surface area contributed by atoms with Crippen LogP contribution in [0.1, 0.15) is 37.8 Å². The summed E-state index contributed by atoms with van der Waals surface area (Å²) < 4.78 is 39.3. The fourth-order valence-electron chi connectivity index (χ4n) is 6.24. The van der Waals surface area contributed by atoms with Crippen LogP contribution in [-0.4, -0.2) is 55.8 Å². The minimum Gasteiger partial charge on any atom is -0.486 e. The van der Waals surface area contributed by atoms with Crippen molar-refractivity contribution in [1.82, 2.24) is 24.2 Å². The molecule has 4 heterocycles. The van der Waals surface area contributed by atoms with Crippen molar-refractivity contribution < 1.29 is 18.3 Å². The molecule has 12 heteroatoms. The molecule has 7 rings (SSSR count). The molecular formula is C30H27ClF2N6O3. The van der Waals surface area contributed by atoms with Gasteiger partial charge in [-0.2, -0.15) is 10.1 Å². The van der Waals surface area contributed by atoms with Gasteiger partial charge in [0.1, 0.15) is 23.8 Å². The average Bonchev–Trinajstić information content (AvgIpc) is 3.41. The second-order valence-electron chi connectivity index (χ2n) is 10.9. The van der Waals surface area contributed by atoms with E-state index in [9.17, 15) is 14.0 Å². The predicted molar refractivity (Wildman–Crippen MR) is 154 cm³/mol. The maximum Gasteiger partial charge on any atom is 0.355 e. The number of amides is 1. The number of carbonyl (C=O) groups is 1. The van der Waals surface area contributed by atoms with E-state index in [-0.39, 0.29) is 46.5 Å². The first-order valence-corrected chi connectivity index (χ1v) is 14.3. The Morgan fingerprint density at radius 1 is 1.19 bits per heavy atom. The summed E-state index contributed by atoms with van der Waals surface area (Å²) in [6, 6.07) is 5.83. The van der Waals surface area contributed by atoms with Gasteiger partial charge in [-0.15, -0.1) is 0 Å². The standard InChI is InChI=1S/C30H27ClF2N6O3/c1-3-23(40)36-11-12-37(16(2)14-36)29-19-13-20(31)25-24-17(7-8-21(32)26(24)33)15-42-28(25)27(19)38(30(41)35-29)22-9-10-34-39(22)18-5-4-6-18/h3,7-10,13,16,18H,1,4-6,11-12,14-15H2,2H3/t16-/m0/s1. The van der Waals surface area contributed by atoms with E-state index in [0.717, 1.165) is 25.3 Å². The van der Waals surface area contributed by atoms with Crippen LogP contribution in [0.15, 0.2) is 47.9 Å². The largest absolute Gasteiger partial charge is 0.486 e. The molecule has 2 aromatic heterocycles. The van der Waals surface area contributed by atoms with Crippen LogP contribution in [0.3, 0.4) is 0 Å². The SMILES string of the molecule is C=CC(=O)N1CCN(c2nc(=O)n(-c3ccnn3C3CCC3)c3c4c(c(Cl)cc23)-c2c(ccc(F)c2F)CO4)[C@@H](C)C1. The highest BCUT2D eigenvalue weighted by molar-refractivity contribution is 6.35. The Hall–Kier alpha value is -4.25. The number of halogens is 3. The summed E-state index contributed by atoms with van der Waals surface area (Å²) in [5.41, 5.74) is 0.405. The lowest BCUT2D eigenvalue weighted by molar-refractivity contribution is -0.126. The van der Waals surface area contributed by atoms with Gasteiger partial charge in [0.05, 0.1) is 17.3 Å². The van der Waals surface area contributed by atoms with Gasteiger partial charge in [-0.25, -0.2) is 22.8 Å². The Bertz CT molecular complexity index is 1850. The molecular weight excluding hydrogens is 566 g/mol. The summed E-state index contributed by atoms with van der Waals surface area (Å²) in [7, 11) is 0. The van der Waals surface area contributed by atoms with Gasteiger partial charge in [0, 0.05) is 53.8 Å². The molecule has 4 aromatic rings. The smallest absolute Gasteiger partial charge is 0.355 e. The molecule has 0 N–H and O–H groups in total. The van der Waals surface area contributed by atoms with Crippen LogP contribution in [0.2, 0.25) is 5.02 Å². The quantitative estimate of drug-likeness (QED) is 0.309. The van der Waals surface area contributed by atoms with Gasteiger partial charge < -0.3 is 14.5 Å². The van der Waals surface area contributed by atoms with E-state index in [1.165, 1.54) is 16.7 Å². The zero-order chi connectivity index (χ0) is 29.3. The number of carbonyl (C=O) groups excluding carboxylic acids is 1. The number of aromatic nitrogens is 4. The number of fused-ring (bicyclic) bond motifs is 5. The molecule has 216 valence electrons. The van der Waals surface area contributed by atoms with E-state index in [0.29, 0.717) is 47.7 Å². The van der Waals surface area contributed by atoms with E-state index in [2.05, 4.69) is 16.7 Å². The number of benzene rings is 2. The molecule has 2 aliphatic heterocycles. The molecule has 2 aromatic carbocycles. The van der Waals surface area contributed by atoms with Gasteiger partial charge in [-0.05, 0) is 44.4 Å². The van der Waals surface area contributed by atoms with E-state index in [1.54, 1.807) is 23.2 Å². The molecule has 1 saturated carbocycles. The second kappa shape index (κ2) is 9.94. The third-order valence-electron chi connectivity index (χ3n) is 8.55. The number of nitrogens with zero attached hydrogens (tertiary/aromatic N) is 6. The molecule has 3 aliphatic rings. The van der Waals surface area contributed by atoms with Crippen LogP contribution in [0.25, 0.3) is 27.8 Å². The zero-order valence-electron chi connectivity index (χ0n) is 22.8. The molecule has 0 radical (unpaired) electrons. The van der Waals surface area contributed by atoms with Crippen LogP contribution >= 0.6 is 11.6 Å². The Labute approximate surface area is 244 Å². The highest BCUT2D eigenvalue weighted by atomic mass is 35.5. The minimum absolute atomic E-state index is 0.0120. The average molecular weight is 593 g/mol. The van der Waals surface area contributed by atoms with Gasteiger partial charge in [0.25, 0.3) is 0 Å². The van der Waals surface area contributed by atoms with E-state index >= 15 is 4.39 Å². The molecule has 9 nitrogen and oxygen atoms in total. The fourth-order valence-corrected chi connectivity index (χ4v) is 6.53. The van der Waals surface area contributed by atoms with Crippen molar-refractivity contribution in [2.24, 2.45) is 0 Å². The summed E-state index contributed by atoms with van der Waals surface area (Å²) in [4.78, 5) is 34.5. The van der Waals surface area contributed by atoms with Crippen LogP contribution in [0.5, 0.6) is 5.75 Å². The maximum absolute atomic E-state index is 15.3. The van der Waals surface area contributed by atoms with Crippen molar-refractivity contribution in [2.75, 3.05) is 24.5 Å². The molecule has 1 saturated heterocycles. The lowest BCUT2D eigenvalue weighted by atomic mass is 9.93. The topological polar surface area (TPSA) is 85.5 Å². The Balaban J connectivity index is 1.51. The van der Waals surface area contributed by atoms with Gasteiger partial charge in [0.2, 0.25) is 5.91 Å². The first-order valence-electron chi connectivity index (χ1n) is 13.9. The van der Waals surface area contributed by atoms with Gasteiger partial charge in [0.15, 0.2) is 17.4 Å². The zero-order valence-corrected chi connectivity index (χ0v) is 23.6. The maximum atomic E-state index is 15.3. The number of ether oxygens (including phenoxy) is 1. The predicted octanol–water partition coefficient (Wildman–Crippen LogP) is 5.02. The lowest BCUT2D eigenvalue weighted by Crippen LogP contribution is -2.54. The summed E-state index contributed by atoms with van der Waals surface area (Å²) in [5, 5.41) is 5.15. The summed E-state index contributed by atoms with van der Waals surface area (Å²) in [6.45, 7) is 6.70. The fraction of sp³-hybridized carbons (Fsp3) is 0.333. The third kappa shape index (κ3) is 3.93. The van der Waals surface area contributed by atoms with Crippen LogP contribution in [-0.2, 0) is 11.4 Å². The van der Waals surface area contributed by atoms with E-state index in [4.69, 9.17) is 16.3 Å². The number of rotatable bonds is 4. The van der Waals surface area contributed by atoms with Crippen LogP contribution < -0.4 is 15.3 Å². The first-order chi connectivity index (χ1) is 20.3. The van der Waals surface area contributed by atoms with Gasteiger partial charge in [-0.1, -0.05) is 24.2 Å². The van der Waals surface area contributed by atoms with Crippen LogP contribution in [0, 0.1) is 11.6 Å². The van der Waals surface area contributed by atoms with Crippen molar-refractivity contribution in [3.05, 3.63) is 75.8 Å². The lowest BCUT2D eigenvalue weighted by Gasteiger charge is -2.40. The highest BCUT2D eigenvalue weighted by Gasteiger charge is 2.34. The molecule has 1 atom stereocenters. The molecule has 0 unspecified atom stereocenters. The third-order valence-corrected chi connectivity index (χ3v) is 8.85.